The SMILES string of the molecule is Cc1cc(C(F)(F)F)nc(N2CCN(C(=O)c3ncc(C)[nH]3)CC2)n1. The molecule has 0 bridgehead atoms. The van der Waals surface area contributed by atoms with Crippen LogP contribution in [0.15, 0.2) is 12.3 Å². The van der Waals surface area contributed by atoms with E-state index in [4.69, 9.17) is 0 Å². The first-order valence-corrected chi connectivity index (χ1v) is 7.73. The molecule has 1 aliphatic rings. The number of amides is 1. The number of nitrogens with one attached hydrogen (secondary N) is 1. The Balaban J connectivity index is 1.70. The van der Waals surface area contributed by atoms with Crippen LogP contribution in [0, 0.1) is 13.8 Å². The molecular formula is C15H17F3N6O. The lowest BCUT2D eigenvalue weighted by molar-refractivity contribution is -0.141. The fraction of sp³-hybridized carbons (Fsp3) is 0.467. The predicted molar refractivity (Wildman–Crippen MR) is 83.2 cm³/mol. The molecule has 25 heavy (non-hydrogen) atoms. The van der Waals surface area contributed by atoms with Gasteiger partial charge in [0.15, 0.2) is 5.82 Å². The summed E-state index contributed by atoms with van der Waals surface area (Å²) >= 11 is 0. The van der Waals surface area contributed by atoms with Crippen molar-refractivity contribution < 1.29 is 18.0 Å². The second kappa shape index (κ2) is 6.34. The second-order valence-corrected chi connectivity index (χ2v) is 5.89. The number of aromatic amines is 1. The van der Waals surface area contributed by atoms with Crippen LogP contribution in [0.25, 0.3) is 0 Å². The number of H-pyrrole nitrogens is 1. The fourth-order valence-electron chi connectivity index (χ4n) is 2.62. The Bertz CT molecular complexity index is 780. The number of imidazole rings is 1. The van der Waals surface area contributed by atoms with Gasteiger partial charge in [0.25, 0.3) is 5.91 Å². The lowest BCUT2D eigenvalue weighted by Gasteiger charge is -2.34. The smallest absolute Gasteiger partial charge is 0.338 e. The molecule has 0 aliphatic carbocycles. The van der Waals surface area contributed by atoms with Crippen LogP contribution < -0.4 is 4.90 Å². The first-order chi connectivity index (χ1) is 11.7. The molecular weight excluding hydrogens is 337 g/mol. The highest BCUT2D eigenvalue weighted by Gasteiger charge is 2.34. The number of piperazine rings is 1. The molecule has 0 unspecified atom stereocenters. The molecule has 1 N–H and O–H groups in total. The van der Waals surface area contributed by atoms with E-state index in [2.05, 4.69) is 19.9 Å². The summed E-state index contributed by atoms with van der Waals surface area (Å²) in [5.41, 5.74) is 0.0799. The number of alkyl halides is 3. The van der Waals surface area contributed by atoms with Gasteiger partial charge in [-0.1, -0.05) is 0 Å². The molecule has 134 valence electrons. The zero-order chi connectivity index (χ0) is 18.2. The normalized spacial score (nSPS) is 15.6. The molecule has 0 radical (unpaired) electrons. The van der Waals surface area contributed by atoms with E-state index in [-0.39, 0.29) is 23.4 Å². The summed E-state index contributed by atoms with van der Waals surface area (Å²) in [5, 5.41) is 0. The van der Waals surface area contributed by atoms with E-state index in [0.717, 1.165) is 11.8 Å². The number of carbonyl (C=O) groups excluding carboxylic acids is 1. The number of aromatic nitrogens is 4. The highest BCUT2D eigenvalue weighted by Crippen LogP contribution is 2.29. The topological polar surface area (TPSA) is 78.0 Å². The maximum atomic E-state index is 12.9. The largest absolute Gasteiger partial charge is 0.433 e. The molecule has 1 fully saturated rings. The Morgan fingerprint density at radius 1 is 1.16 bits per heavy atom. The number of rotatable bonds is 2. The van der Waals surface area contributed by atoms with E-state index in [1.165, 1.54) is 6.92 Å². The van der Waals surface area contributed by atoms with Gasteiger partial charge in [-0.05, 0) is 19.9 Å². The van der Waals surface area contributed by atoms with Crippen molar-refractivity contribution in [3.05, 3.63) is 35.2 Å². The van der Waals surface area contributed by atoms with Gasteiger partial charge in [0, 0.05) is 43.8 Å². The van der Waals surface area contributed by atoms with E-state index in [1.807, 2.05) is 0 Å². The summed E-state index contributed by atoms with van der Waals surface area (Å²) < 4.78 is 38.7. The van der Waals surface area contributed by atoms with Crippen molar-refractivity contribution in [3.8, 4) is 0 Å². The summed E-state index contributed by atoms with van der Waals surface area (Å²) in [4.78, 5) is 30.2. The van der Waals surface area contributed by atoms with E-state index < -0.39 is 11.9 Å². The minimum absolute atomic E-state index is 0.0354. The summed E-state index contributed by atoms with van der Waals surface area (Å²) in [6.07, 6.45) is -2.94. The first-order valence-electron chi connectivity index (χ1n) is 7.73. The van der Waals surface area contributed by atoms with Crippen molar-refractivity contribution in [2.24, 2.45) is 0 Å². The van der Waals surface area contributed by atoms with Crippen LogP contribution in [0.5, 0.6) is 0 Å². The molecule has 2 aromatic rings. The Labute approximate surface area is 141 Å². The van der Waals surface area contributed by atoms with Crippen LogP contribution in [-0.2, 0) is 6.18 Å². The molecule has 7 nitrogen and oxygen atoms in total. The molecule has 0 aromatic carbocycles. The van der Waals surface area contributed by atoms with Crippen LogP contribution in [0.2, 0.25) is 0 Å². The van der Waals surface area contributed by atoms with Crippen LogP contribution in [0.4, 0.5) is 19.1 Å². The van der Waals surface area contributed by atoms with Gasteiger partial charge in [0.1, 0.15) is 5.69 Å². The van der Waals surface area contributed by atoms with Gasteiger partial charge in [-0.25, -0.2) is 15.0 Å². The van der Waals surface area contributed by atoms with Crippen molar-refractivity contribution in [2.45, 2.75) is 20.0 Å². The lowest BCUT2D eigenvalue weighted by atomic mass is 10.3. The van der Waals surface area contributed by atoms with Gasteiger partial charge in [0.2, 0.25) is 5.95 Å². The van der Waals surface area contributed by atoms with Gasteiger partial charge in [-0.15, -0.1) is 0 Å². The van der Waals surface area contributed by atoms with Crippen molar-refractivity contribution in [3.63, 3.8) is 0 Å². The highest BCUT2D eigenvalue weighted by molar-refractivity contribution is 5.90. The van der Waals surface area contributed by atoms with Gasteiger partial charge >= 0.3 is 6.18 Å². The third-order valence-electron chi connectivity index (χ3n) is 3.89. The van der Waals surface area contributed by atoms with Crippen LogP contribution >= 0.6 is 0 Å². The zero-order valence-electron chi connectivity index (χ0n) is 13.8. The fourth-order valence-corrected chi connectivity index (χ4v) is 2.62. The van der Waals surface area contributed by atoms with E-state index in [9.17, 15) is 18.0 Å². The molecule has 0 atom stereocenters. The average molecular weight is 354 g/mol. The van der Waals surface area contributed by atoms with Gasteiger partial charge < -0.3 is 14.8 Å². The van der Waals surface area contributed by atoms with Gasteiger partial charge in [-0.2, -0.15) is 13.2 Å². The number of hydrogen-bond donors (Lipinski definition) is 1. The van der Waals surface area contributed by atoms with Gasteiger partial charge in [0.05, 0.1) is 0 Å². The van der Waals surface area contributed by atoms with E-state index >= 15 is 0 Å². The monoisotopic (exact) mass is 354 g/mol. The zero-order valence-corrected chi connectivity index (χ0v) is 13.8. The molecule has 10 heteroatoms. The predicted octanol–water partition coefficient (Wildman–Crippen LogP) is 1.80. The number of halogens is 3. The van der Waals surface area contributed by atoms with Gasteiger partial charge in [-0.3, -0.25) is 4.79 Å². The molecule has 1 aliphatic heterocycles. The van der Waals surface area contributed by atoms with Crippen LogP contribution in [-0.4, -0.2) is 56.9 Å². The molecule has 1 saturated heterocycles. The Kier molecular flexibility index (Phi) is 4.36. The molecule has 3 rings (SSSR count). The highest BCUT2D eigenvalue weighted by atomic mass is 19.4. The number of carbonyl (C=O) groups is 1. The second-order valence-electron chi connectivity index (χ2n) is 5.89. The Morgan fingerprint density at radius 3 is 2.40 bits per heavy atom. The minimum atomic E-state index is -4.52. The van der Waals surface area contributed by atoms with Crippen LogP contribution in [0.3, 0.4) is 0 Å². The molecule has 0 spiro atoms. The van der Waals surface area contributed by atoms with Crippen LogP contribution in [0.1, 0.15) is 27.7 Å². The first kappa shape index (κ1) is 17.2. The summed E-state index contributed by atoms with van der Waals surface area (Å²) in [6, 6.07) is 0.919. The van der Waals surface area contributed by atoms with E-state index in [1.54, 1.807) is 22.9 Å². The Morgan fingerprint density at radius 2 is 1.84 bits per heavy atom. The quantitative estimate of drug-likeness (QED) is 0.890. The van der Waals surface area contributed by atoms with Crippen molar-refractivity contribution in [1.82, 2.24) is 24.8 Å². The number of hydrogen-bond acceptors (Lipinski definition) is 5. The summed E-state index contributed by atoms with van der Waals surface area (Å²) in [5.74, 6) is 0.0688. The molecule has 2 aromatic heterocycles. The number of aryl methyl sites for hydroxylation is 2. The molecule has 0 saturated carbocycles. The maximum absolute atomic E-state index is 12.9. The average Bonchev–Trinajstić information content (AvgIpc) is 2.99. The minimum Gasteiger partial charge on any atom is -0.338 e. The van der Waals surface area contributed by atoms with E-state index in [0.29, 0.717) is 26.2 Å². The molecule has 3 heterocycles. The lowest BCUT2D eigenvalue weighted by Crippen LogP contribution is -2.49. The van der Waals surface area contributed by atoms with Crippen molar-refractivity contribution >= 4 is 11.9 Å². The maximum Gasteiger partial charge on any atom is 0.433 e. The van der Waals surface area contributed by atoms with Crippen molar-refractivity contribution in [2.75, 3.05) is 31.1 Å². The molecule has 1 amide bonds. The van der Waals surface area contributed by atoms with Crippen molar-refractivity contribution in [1.29, 1.82) is 0 Å². The summed E-state index contributed by atoms with van der Waals surface area (Å²) in [6.45, 7) is 4.72. The standard InChI is InChI=1S/C15H17F3N6O/c1-9-7-11(15(16,17)18)22-14(21-9)24-5-3-23(4-6-24)13(25)12-19-8-10(2)20-12/h7-8H,3-6H2,1-2H3,(H,19,20). The Hall–Kier alpha value is -2.65. The third-order valence-corrected chi connectivity index (χ3v) is 3.89. The number of anilines is 1. The summed E-state index contributed by atoms with van der Waals surface area (Å²) in [7, 11) is 0. The number of nitrogens with zero attached hydrogens (tertiary/aromatic N) is 5. The third kappa shape index (κ3) is 3.72.